The van der Waals surface area contributed by atoms with Crippen molar-refractivity contribution in [1.29, 1.82) is 0 Å². The number of imide groups is 1. The Labute approximate surface area is 153 Å². The van der Waals surface area contributed by atoms with E-state index >= 15 is 0 Å². The van der Waals surface area contributed by atoms with E-state index in [4.69, 9.17) is 0 Å². The number of hydrogen-bond acceptors (Lipinski definition) is 2. The van der Waals surface area contributed by atoms with E-state index in [1.54, 1.807) is 0 Å². The van der Waals surface area contributed by atoms with Crippen molar-refractivity contribution in [2.75, 3.05) is 20.1 Å². The van der Waals surface area contributed by atoms with Crippen LogP contribution in [0.3, 0.4) is 0 Å². The molecule has 1 unspecified atom stereocenters. The lowest BCUT2D eigenvalue weighted by atomic mass is 9.96. The molecule has 0 radical (unpaired) electrons. The van der Waals surface area contributed by atoms with Crippen LogP contribution in [-0.2, 0) is 4.79 Å². The van der Waals surface area contributed by atoms with Gasteiger partial charge in [0.25, 0.3) is 5.91 Å². The second-order valence-corrected chi connectivity index (χ2v) is 6.37. The molecule has 1 aliphatic heterocycles. The molecule has 26 heavy (non-hydrogen) atoms. The van der Waals surface area contributed by atoms with Crippen molar-refractivity contribution in [2.45, 2.75) is 12.5 Å². The molecular formula is C21H24N3O2+. The van der Waals surface area contributed by atoms with E-state index in [9.17, 15) is 9.59 Å². The third-order valence-electron chi connectivity index (χ3n) is 4.74. The van der Waals surface area contributed by atoms with Gasteiger partial charge in [-0.1, -0.05) is 60.7 Å². The molecule has 5 heteroatoms. The van der Waals surface area contributed by atoms with Gasteiger partial charge in [-0.25, -0.2) is 4.79 Å². The van der Waals surface area contributed by atoms with Crippen LogP contribution in [0.15, 0.2) is 66.7 Å². The topological polar surface area (TPSA) is 62.6 Å². The van der Waals surface area contributed by atoms with Gasteiger partial charge in [0, 0.05) is 19.0 Å². The molecule has 2 aromatic rings. The molecule has 3 N–H and O–H groups in total. The molecule has 0 saturated carbocycles. The van der Waals surface area contributed by atoms with E-state index in [1.165, 1.54) is 18.2 Å². The van der Waals surface area contributed by atoms with Crippen molar-refractivity contribution in [3.63, 3.8) is 0 Å². The molecule has 134 valence electrons. The second-order valence-electron chi connectivity index (χ2n) is 6.37. The van der Waals surface area contributed by atoms with E-state index in [-0.39, 0.29) is 5.91 Å². The highest BCUT2D eigenvalue weighted by molar-refractivity contribution is 5.96. The zero-order valence-electron chi connectivity index (χ0n) is 14.9. The molecule has 0 aliphatic carbocycles. The van der Waals surface area contributed by atoms with E-state index < -0.39 is 12.1 Å². The van der Waals surface area contributed by atoms with Crippen LogP contribution >= 0.6 is 0 Å². The van der Waals surface area contributed by atoms with Gasteiger partial charge in [-0.05, 0) is 17.2 Å². The number of amides is 3. The average Bonchev–Trinajstić information content (AvgIpc) is 2.70. The number of urea groups is 1. The summed E-state index contributed by atoms with van der Waals surface area (Å²) in [6.45, 7) is 1.58. The van der Waals surface area contributed by atoms with Gasteiger partial charge in [0.05, 0.1) is 13.1 Å². The summed E-state index contributed by atoms with van der Waals surface area (Å²) < 4.78 is 0. The number of rotatable bonds is 4. The number of hydrogen-bond donors (Lipinski definition) is 3. The molecule has 0 bridgehead atoms. The zero-order valence-corrected chi connectivity index (χ0v) is 14.9. The van der Waals surface area contributed by atoms with Gasteiger partial charge in [-0.3, -0.25) is 10.1 Å². The van der Waals surface area contributed by atoms with Crippen molar-refractivity contribution in [3.05, 3.63) is 77.9 Å². The first-order valence-electron chi connectivity index (χ1n) is 8.85. The molecule has 2 atom stereocenters. The Hall–Kier alpha value is -2.92. The third kappa shape index (κ3) is 4.18. The maximum absolute atomic E-state index is 12.8. The van der Waals surface area contributed by atoms with Gasteiger partial charge in [0.15, 0.2) is 6.04 Å². The maximum Gasteiger partial charge on any atom is 0.321 e. The van der Waals surface area contributed by atoms with E-state index in [1.807, 2.05) is 48.5 Å². The minimum absolute atomic E-state index is 0.276. The summed E-state index contributed by atoms with van der Waals surface area (Å²) in [6, 6.07) is 19.1. The van der Waals surface area contributed by atoms with E-state index in [0.29, 0.717) is 0 Å². The van der Waals surface area contributed by atoms with Crippen molar-refractivity contribution < 1.29 is 14.5 Å². The van der Waals surface area contributed by atoms with Crippen LogP contribution in [0.25, 0.3) is 5.57 Å². The first-order valence-corrected chi connectivity index (χ1v) is 8.85. The van der Waals surface area contributed by atoms with Crippen LogP contribution in [0.2, 0.25) is 0 Å². The SMILES string of the molecule is CNC(=O)NC(=O)[C@@H](c1ccccc1)[NH+]1CC=C(c2ccccc2)CC1. The fraction of sp³-hybridized carbons (Fsp3) is 0.238. The number of benzene rings is 2. The second kappa shape index (κ2) is 8.45. The summed E-state index contributed by atoms with van der Waals surface area (Å²) in [6.07, 6.45) is 3.10. The first-order chi connectivity index (χ1) is 12.7. The van der Waals surface area contributed by atoms with Crippen LogP contribution in [0, 0.1) is 0 Å². The summed E-state index contributed by atoms with van der Waals surface area (Å²) in [5, 5.41) is 4.88. The van der Waals surface area contributed by atoms with Crippen molar-refractivity contribution in [3.8, 4) is 0 Å². The van der Waals surface area contributed by atoms with E-state index in [0.717, 1.165) is 30.0 Å². The lowest BCUT2D eigenvalue weighted by Crippen LogP contribution is -3.13. The van der Waals surface area contributed by atoms with Gasteiger partial charge in [-0.15, -0.1) is 0 Å². The van der Waals surface area contributed by atoms with Crippen LogP contribution < -0.4 is 15.5 Å². The summed E-state index contributed by atoms with van der Waals surface area (Å²) in [7, 11) is 1.50. The predicted molar refractivity (Wildman–Crippen MR) is 102 cm³/mol. The molecule has 1 aliphatic rings. The van der Waals surface area contributed by atoms with E-state index in [2.05, 4.69) is 28.8 Å². The Bertz CT molecular complexity index is 787. The van der Waals surface area contributed by atoms with Crippen LogP contribution in [0.1, 0.15) is 23.6 Å². The molecule has 1 heterocycles. The summed E-state index contributed by atoms with van der Waals surface area (Å²) in [5.74, 6) is -0.276. The molecule has 0 aromatic heterocycles. The number of quaternary nitrogens is 1. The molecular weight excluding hydrogens is 326 g/mol. The monoisotopic (exact) mass is 350 g/mol. The first kappa shape index (κ1) is 17.9. The Kier molecular flexibility index (Phi) is 5.81. The van der Waals surface area contributed by atoms with Gasteiger partial charge < -0.3 is 10.2 Å². The van der Waals surface area contributed by atoms with Crippen molar-refractivity contribution in [1.82, 2.24) is 10.6 Å². The highest BCUT2D eigenvalue weighted by atomic mass is 16.2. The number of carbonyl (C=O) groups is 2. The minimum Gasteiger partial charge on any atom is -0.341 e. The maximum atomic E-state index is 12.8. The van der Waals surface area contributed by atoms with Crippen LogP contribution in [0.4, 0.5) is 4.79 Å². The molecule has 2 aromatic carbocycles. The molecule has 3 amide bonds. The van der Waals surface area contributed by atoms with Crippen molar-refractivity contribution >= 4 is 17.5 Å². The Morgan fingerprint density at radius 3 is 2.23 bits per heavy atom. The number of carbonyl (C=O) groups excluding carboxylic acids is 2. The summed E-state index contributed by atoms with van der Waals surface area (Å²) in [5.41, 5.74) is 3.46. The lowest BCUT2D eigenvalue weighted by molar-refractivity contribution is -0.917. The lowest BCUT2D eigenvalue weighted by Gasteiger charge is -2.30. The molecule has 5 nitrogen and oxygen atoms in total. The predicted octanol–water partition coefficient (Wildman–Crippen LogP) is 1.56. The number of nitrogens with one attached hydrogen (secondary N) is 3. The average molecular weight is 350 g/mol. The molecule has 0 fully saturated rings. The highest BCUT2D eigenvalue weighted by Crippen LogP contribution is 2.19. The standard InChI is InChI=1S/C21H23N3O2/c1-22-21(26)23-20(25)19(18-10-6-3-7-11-18)24-14-12-17(13-15-24)16-8-4-2-5-9-16/h2-12,19H,13-15H2,1H3,(H2,22,23,25,26)/p+1/t19-/m1/s1. The third-order valence-corrected chi connectivity index (χ3v) is 4.74. The van der Waals surface area contributed by atoms with Gasteiger partial charge in [0.1, 0.15) is 0 Å². The van der Waals surface area contributed by atoms with Crippen LogP contribution in [0.5, 0.6) is 0 Å². The Balaban J connectivity index is 1.81. The summed E-state index contributed by atoms with van der Waals surface area (Å²) in [4.78, 5) is 25.5. The normalized spacial score (nSPS) is 17.7. The largest absolute Gasteiger partial charge is 0.341 e. The van der Waals surface area contributed by atoms with Crippen LogP contribution in [-0.4, -0.2) is 32.1 Å². The highest BCUT2D eigenvalue weighted by Gasteiger charge is 2.33. The smallest absolute Gasteiger partial charge is 0.321 e. The Morgan fingerprint density at radius 2 is 1.65 bits per heavy atom. The van der Waals surface area contributed by atoms with Crippen molar-refractivity contribution in [2.24, 2.45) is 0 Å². The van der Waals surface area contributed by atoms with Gasteiger partial charge >= 0.3 is 6.03 Å². The molecule has 0 spiro atoms. The fourth-order valence-corrected chi connectivity index (χ4v) is 3.39. The van der Waals surface area contributed by atoms with Gasteiger partial charge in [0.2, 0.25) is 0 Å². The minimum atomic E-state index is -0.479. The molecule has 0 saturated heterocycles. The van der Waals surface area contributed by atoms with Gasteiger partial charge in [-0.2, -0.15) is 0 Å². The fourth-order valence-electron chi connectivity index (χ4n) is 3.39. The Morgan fingerprint density at radius 1 is 1.00 bits per heavy atom. The molecule has 3 rings (SSSR count). The zero-order chi connectivity index (χ0) is 18.4. The quantitative estimate of drug-likeness (QED) is 0.784. The summed E-state index contributed by atoms with van der Waals surface area (Å²) >= 11 is 0.